The van der Waals surface area contributed by atoms with Gasteiger partial charge in [-0.1, -0.05) is 63.2 Å². The van der Waals surface area contributed by atoms with Crippen LogP contribution in [0.25, 0.3) is 22.0 Å². The molecule has 1 heterocycles. The lowest BCUT2D eigenvalue weighted by Gasteiger charge is -2.18. The summed E-state index contributed by atoms with van der Waals surface area (Å²) in [6.07, 6.45) is 4.17. The van der Waals surface area contributed by atoms with Gasteiger partial charge >= 0.3 is 0 Å². The second-order valence-corrected chi connectivity index (χ2v) is 10.7. The molecule has 0 bridgehead atoms. The van der Waals surface area contributed by atoms with Crippen molar-refractivity contribution in [1.82, 2.24) is 20.4 Å². The molecular formula is C34H42N4O2. The van der Waals surface area contributed by atoms with Crippen molar-refractivity contribution in [1.29, 1.82) is 0 Å². The molecule has 0 aliphatic carbocycles. The Labute approximate surface area is 238 Å². The summed E-state index contributed by atoms with van der Waals surface area (Å²) >= 11 is 0. The van der Waals surface area contributed by atoms with Crippen LogP contribution < -0.4 is 10.1 Å². The van der Waals surface area contributed by atoms with Gasteiger partial charge in [0.15, 0.2) is 0 Å². The Morgan fingerprint density at radius 2 is 1.65 bits per heavy atom. The Balaban J connectivity index is 1.52. The van der Waals surface area contributed by atoms with Crippen LogP contribution in [0, 0.1) is 0 Å². The Morgan fingerprint density at radius 3 is 2.33 bits per heavy atom. The number of benzene rings is 3. The first kappa shape index (κ1) is 29.1. The number of hydrogen-bond donors (Lipinski definition) is 2. The molecule has 0 atom stereocenters. The number of carbonyl (C=O) groups excluding carboxylic acids is 1. The van der Waals surface area contributed by atoms with Gasteiger partial charge in [0.1, 0.15) is 12.4 Å². The van der Waals surface area contributed by atoms with E-state index in [9.17, 15) is 4.79 Å². The van der Waals surface area contributed by atoms with E-state index in [0.717, 1.165) is 48.1 Å². The minimum atomic E-state index is 0.162. The van der Waals surface area contributed by atoms with Crippen molar-refractivity contribution in [3.63, 3.8) is 0 Å². The average molecular weight is 539 g/mol. The van der Waals surface area contributed by atoms with Gasteiger partial charge in [0, 0.05) is 32.4 Å². The number of amides is 1. The standard InChI is InChI=1S/C34H42N4O2/c1-6-31(26-11-9-25(10-12-26)24(2)3)34(28-15-18-32-29(22-28)23-36-37-32)27-13-16-30(17-14-27)40-21-20-35-19-7-8-33(39)38(4)5/h9-18,22-24,35H,6-8,19-21H2,1-5H3,(H,36,37)/b34-31+. The van der Waals surface area contributed by atoms with Gasteiger partial charge in [-0.2, -0.15) is 5.10 Å². The third kappa shape index (κ3) is 7.39. The zero-order chi connectivity index (χ0) is 28.5. The fourth-order valence-electron chi connectivity index (χ4n) is 4.88. The van der Waals surface area contributed by atoms with Crippen LogP contribution >= 0.6 is 0 Å². The lowest BCUT2D eigenvalue weighted by Crippen LogP contribution is -2.25. The number of aromatic nitrogens is 2. The molecule has 1 amide bonds. The van der Waals surface area contributed by atoms with Crippen molar-refractivity contribution < 1.29 is 9.53 Å². The zero-order valence-electron chi connectivity index (χ0n) is 24.5. The maximum absolute atomic E-state index is 11.7. The molecule has 0 fully saturated rings. The van der Waals surface area contributed by atoms with Crippen molar-refractivity contribution in [2.45, 2.75) is 46.0 Å². The molecule has 1 aromatic heterocycles. The SMILES string of the molecule is CC/C(=C(/c1ccc(OCCNCCCC(=O)N(C)C)cc1)c1ccc2[nH]ncc2c1)c1ccc(C(C)C)cc1. The van der Waals surface area contributed by atoms with E-state index in [1.54, 1.807) is 19.0 Å². The van der Waals surface area contributed by atoms with Crippen LogP contribution in [0.2, 0.25) is 0 Å². The Hall–Kier alpha value is -3.90. The van der Waals surface area contributed by atoms with E-state index in [1.807, 2.05) is 6.20 Å². The number of fused-ring (bicyclic) bond motifs is 1. The fraction of sp³-hybridized carbons (Fsp3) is 0.353. The molecule has 210 valence electrons. The largest absolute Gasteiger partial charge is 0.492 e. The molecule has 0 saturated carbocycles. The van der Waals surface area contributed by atoms with Crippen LogP contribution in [0.1, 0.15) is 68.2 Å². The van der Waals surface area contributed by atoms with Crippen LogP contribution in [0.15, 0.2) is 72.9 Å². The van der Waals surface area contributed by atoms with E-state index < -0.39 is 0 Å². The Morgan fingerprint density at radius 1 is 0.950 bits per heavy atom. The van der Waals surface area contributed by atoms with Crippen molar-refractivity contribution in [2.24, 2.45) is 0 Å². The predicted molar refractivity (Wildman–Crippen MR) is 166 cm³/mol. The van der Waals surface area contributed by atoms with Crippen molar-refractivity contribution in [3.8, 4) is 5.75 Å². The highest BCUT2D eigenvalue weighted by Crippen LogP contribution is 2.36. The molecule has 4 aromatic rings. The van der Waals surface area contributed by atoms with Crippen LogP contribution in [-0.4, -0.2) is 54.8 Å². The van der Waals surface area contributed by atoms with Crippen molar-refractivity contribution in [2.75, 3.05) is 33.8 Å². The summed E-state index contributed by atoms with van der Waals surface area (Å²) in [5.41, 5.74) is 8.48. The maximum Gasteiger partial charge on any atom is 0.222 e. The van der Waals surface area contributed by atoms with E-state index in [1.165, 1.54) is 27.8 Å². The Bertz CT molecular complexity index is 1420. The number of rotatable bonds is 13. The molecule has 0 saturated heterocycles. The zero-order valence-corrected chi connectivity index (χ0v) is 24.5. The van der Waals surface area contributed by atoms with Gasteiger partial charge in [-0.05, 0) is 83.0 Å². The summed E-state index contributed by atoms with van der Waals surface area (Å²) in [6.45, 7) is 8.79. The molecule has 6 nitrogen and oxygen atoms in total. The quantitative estimate of drug-likeness (QED) is 0.144. The molecule has 0 unspecified atom stereocenters. The number of carbonyl (C=O) groups is 1. The number of nitrogens with zero attached hydrogens (tertiary/aromatic N) is 2. The van der Waals surface area contributed by atoms with Crippen molar-refractivity contribution in [3.05, 3.63) is 95.2 Å². The molecule has 3 aromatic carbocycles. The average Bonchev–Trinajstić information content (AvgIpc) is 3.44. The molecule has 0 radical (unpaired) electrons. The van der Waals surface area contributed by atoms with Crippen LogP contribution in [-0.2, 0) is 4.79 Å². The van der Waals surface area contributed by atoms with Gasteiger partial charge in [-0.15, -0.1) is 0 Å². The Kier molecular flexibility index (Phi) is 10.1. The lowest BCUT2D eigenvalue weighted by molar-refractivity contribution is -0.128. The summed E-state index contributed by atoms with van der Waals surface area (Å²) in [4.78, 5) is 13.3. The van der Waals surface area contributed by atoms with Gasteiger partial charge in [0.2, 0.25) is 5.91 Å². The predicted octanol–water partition coefficient (Wildman–Crippen LogP) is 6.89. The summed E-state index contributed by atoms with van der Waals surface area (Å²) < 4.78 is 6.00. The summed E-state index contributed by atoms with van der Waals surface area (Å²) in [6, 6.07) is 23.9. The first-order chi connectivity index (χ1) is 19.4. The van der Waals surface area contributed by atoms with E-state index in [0.29, 0.717) is 18.9 Å². The highest BCUT2D eigenvalue weighted by Gasteiger charge is 2.15. The smallest absolute Gasteiger partial charge is 0.222 e. The van der Waals surface area contributed by atoms with E-state index in [-0.39, 0.29) is 5.91 Å². The van der Waals surface area contributed by atoms with Gasteiger partial charge in [0.25, 0.3) is 0 Å². The van der Waals surface area contributed by atoms with E-state index in [4.69, 9.17) is 4.74 Å². The minimum absolute atomic E-state index is 0.162. The van der Waals surface area contributed by atoms with Crippen LogP contribution in [0.4, 0.5) is 0 Å². The highest BCUT2D eigenvalue weighted by atomic mass is 16.5. The second kappa shape index (κ2) is 13.9. The van der Waals surface area contributed by atoms with E-state index >= 15 is 0 Å². The van der Waals surface area contributed by atoms with Gasteiger partial charge in [-0.25, -0.2) is 0 Å². The number of hydrogen-bond acceptors (Lipinski definition) is 4. The third-order valence-electron chi connectivity index (χ3n) is 7.24. The molecule has 2 N–H and O–H groups in total. The third-order valence-corrected chi connectivity index (χ3v) is 7.24. The summed E-state index contributed by atoms with van der Waals surface area (Å²) in [5.74, 6) is 1.51. The van der Waals surface area contributed by atoms with Crippen LogP contribution in [0.3, 0.4) is 0 Å². The molecule has 40 heavy (non-hydrogen) atoms. The number of nitrogens with one attached hydrogen (secondary N) is 2. The number of ether oxygens (including phenoxy) is 1. The molecule has 0 spiro atoms. The van der Waals surface area contributed by atoms with Gasteiger partial charge in [0.05, 0.1) is 11.7 Å². The lowest BCUT2D eigenvalue weighted by atomic mass is 9.87. The molecular weight excluding hydrogens is 496 g/mol. The minimum Gasteiger partial charge on any atom is -0.492 e. The molecule has 0 aliphatic rings. The highest BCUT2D eigenvalue weighted by molar-refractivity contribution is 6.00. The first-order valence-electron chi connectivity index (χ1n) is 14.3. The fourth-order valence-corrected chi connectivity index (χ4v) is 4.88. The second-order valence-electron chi connectivity index (χ2n) is 10.7. The summed E-state index contributed by atoms with van der Waals surface area (Å²) in [7, 11) is 3.58. The molecule has 6 heteroatoms. The van der Waals surface area contributed by atoms with Crippen LogP contribution in [0.5, 0.6) is 5.75 Å². The number of allylic oxidation sites excluding steroid dienone is 1. The number of H-pyrrole nitrogens is 1. The van der Waals surface area contributed by atoms with E-state index in [2.05, 4.69) is 103 Å². The van der Waals surface area contributed by atoms with Crippen molar-refractivity contribution >= 4 is 28.0 Å². The van der Waals surface area contributed by atoms with Gasteiger partial charge < -0.3 is 15.0 Å². The first-order valence-corrected chi connectivity index (χ1v) is 14.3. The molecule has 0 aliphatic heterocycles. The topological polar surface area (TPSA) is 70.2 Å². The molecule has 4 rings (SSSR count). The maximum atomic E-state index is 11.7. The number of aromatic amines is 1. The summed E-state index contributed by atoms with van der Waals surface area (Å²) in [5, 5.41) is 11.7. The van der Waals surface area contributed by atoms with Gasteiger partial charge in [-0.3, -0.25) is 9.89 Å². The normalized spacial score (nSPS) is 12.1. The monoisotopic (exact) mass is 538 g/mol.